The molecule has 0 aliphatic rings. The first kappa shape index (κ1) is 14.4. The minimum atomic E-state index is -0.0750. The highest BCUT2D eigenvalue weighted by Gasteiger charge is 2.22. The molecule has 0 aromatic carbocycles. The molecule has 0 spiro atoms. The smallest absolute Gasteiger partial charge is 0.226 e. The highest BCUT2D eigenvalue weighted by molar-refractivity contribution is 5.79. The van der Waals surface area contributed by atoms with E-state index < -0.39 is 0 Å². The summed E-state index contributed by atoms with van der Waals surface area (Å²) < 4.78 is 0. The van der Waals surface area contributed by atoms with E-state index in [9.17, 15) is 4.79 Å². The SMILES string of the molecule is CCC(C)CN(CC)C(=O)C(C)C(C)N. The standard InChI is InChI=1S/C12H26N2O/c1-6-9(3)8-14(7-2)12(15)10(4)11(5)13/h9-11H,6-8,13H2,1-5H3. The van der Waals surface area contributed by atoms with Crippen LogP contribution in [0.15, 0.2) is 0 Å². The van der Waals surface area contributed by atoms with Crippen LogP contribution in [0.25, 0.3) is 0 Å². The summed E-state index contributed by atoms with van der Waals surface area (Å²) in [6.07, 6.45) is 1.11. The number of rotatable bonds is 6. The summed E-state index contributed by atoms with van der Waals surface area (Å²) >= 11 is 0. The van der Waals surface area contributed by atoms with Crippen molar-refractivity contribution in [2.75, 3.05) is 13.1 Å². The second kappa shape index (κ2) is 6.83. The Morgan fingerprint density at radius 3 is 2.13 bits per heavy atom. The third-order valence-corrected chi connectivity index (χ3v) is 3.10. The van der Waals surface area contributed by atoms with Gasteiger partial charge in [-0.25, -0.2) is 0 Å². The zero-order chi connectivity index (χ0) is 12.0. The zero-order valence-corrected chi connectivity index (χ0v) is 10.8. The number of nitrogens with two attached hydrogens (primary N) is 1. The summed E-state index contributed by atoms with van der Waals surface area (Å²) in [4.78, 5) is 13.9. The molecule has 0 saturated heterocycles. The normalized spacial score (nSPS) is 16.9. The van der Waals surface area contributed by atoms with E-state index >= 15 is 0 Å². The van der Waals surface area contributed by atoms with Gasteiger partial charge in [-0.05, 0) is 19.8 Å². The highest BCUT2D eigenvalue weighted by Crippen LogP contribution is 2.10. The van der Waals surface area contributed by atoms with Crippen molar-refractivity contribution in [3.05, 3.63) is 0 Å². The molecule has 3 heteroatoms. The zero-order valence-electron chi connectivity index (χ0n) is 10.8. The molecule has 0 aromatic rings. The van der Waals surface area contributed by atoms with Gasteiger partial charge in [-0.1, -0.05) is 27.2 Å². The molecule has 3 nitrogen and oxygen atoms in total. The molecular formula is C12H26N2O. The number of hydrogen-bond acceptors (Lipinski definition) is 2. The number of amides is 1. The maximum Gasteiger partial charge on any atom is 0.226 e. The van der Waals surface area contributed by atoms with Crippen molar-refractivity contribution >= 4 is 5.91 Å². The van der Waals surface area contributed by atoms with Gasteiger partial charge in [0.15, 0.2) is 0 Å². The van der Waals surface area contributed by atoms with Gasteiger partial charge in [0.2, 0.25) is 5.91 Å². The molecule has 0 aromatic heterocycles. The number of hydrogen-bond donors (Lipinski definition) is 1. The van der Waals surface area contributed by atoms with Gasteiger partial charge >= 0.3 is 0 Å². The first-order valence-electron chi connectivity index (χ1n) is 5.98. The fourth-order valence-electron chi connectivity index (χ4n) is 1.39. The Morgan fingerprint density at radius 2 is 1.80 bits per heavy atom. The van der Waals surface area contributed by atoms with Crippen LogP contribution in [0, 0.1) is 11.8 Å². The number of nitrogens with zero attached hydrogens (tertiary/aromatic N) is 1. The Hall–Kier alpha value is -0.570. The van der Waals surface area contributed by atoms with Crippen molar-refractivity contribution in [1.82, 2.24) is 4.90 Å². The van der Waals surface area contributed by atoms with E-state index in [1.165, 1.54) is 0 Å². The lowest BCUT2D eigenvalue weighted by molar-refractivity contribution is -0.135. The van der Waals surface area contributed by atoms with Crippen LogP contribution in [-0.2, 0) is 4.79 Å². The lowest BCUT2D eigenvalue weighted by Crippen LogP contribution is -2.43. The summed E-state index contributed by atoms with van der Waals surface area (Å²) in [5.41, 5.74) is 5.75. The maximum atomic E-state index is 12.0. The molecule has 0 bridgehead atoms. The Labute approximate surface area is 94.0 Å². The van der Waals surface area contributed by atoms with Gasteiger partial charge in [0, 0.05) is 19.1 Å². The van der Waals surface area contributed by atoms with Gasteiger partial charge in [0.1, 0.15) is 0 Å². The third kappa shape index (κ3) is 4.65. The van der Waals surface area contributed by atoms with Crippen molar-refractivity contribution in [1.29, 1.82) is 0 Å². The first-order chi connectivity index (χ1) is 6.93. The highest BCUT2D eigenvalue weighted by atomic mass is 16.2. The molecule has 1 amide bonds. The van der Waals surface area contributed by atoms with E-state index in [4.69, 9.17) is 5.73 Å². The van der Waals surface area contributed by atoms with Crippen LogP contribution in [-0.4, -0.2) is 29.9 Å². The monoisotopic (exact) mass is 214 g/mol. The number of carbonyl (C=O) groups excluding carboxylic acids is 1. The number of carbonyl (C=O) groups is 1. The van der Waals surface area contributed by atoms with Crippen LogP contribution in [0.4, 0.5) is 0 Å². The Morgan fingerprint density at radius 1 is 1.27 bits per heavy atom. The van der Waals surface area contributed by atoms with E-state index in [-0.39, 0.29) is 17.9 Å². The van der Waals surface area contributed by atoms with E-state index in [1.54, 1.807) is 0 Å². The second-order valence-corrected chi connectivity index (χ2v) is 4.54. The fraction of sp³-hybridized carbons (Fsp3) is 0.917. The van der Waals surface area contributed by atoms with Gasteiger partial charge in [0.05, 0.1) is 5.92 Å². The van der Waals surface area contributed by atoms with Gasteiger partial charge in [-0.3, -0.25) is 4.79 Å². The summed E-state index contributed by atoms with van der Waals surface area (Å²) in [5, 5.41) is 0. The average Bonchev–Trinajstić information content (AvgIpc) is 2.23. The summed E-state index contributed by atoms with van der Waals surface area (Å²) in [5.74, 6) is 0.677. The summed E-state index contributed by atoms with van der Waals surface area (Å²) in [7, 11) is 0. The van der Waals surface area contributed by atoms with Crippen molar-refractivity contribution in [3.63, 3.8) is 0 Å². The molecule has 0 saturated carbocycles. The molecule has 3 atom stereocenters. The van der Waals surface area contributed by atoms with Gasteiger partial charge in [-0.15, -0.1) is 0 Å². The third-order valence-electron chi connectivity index (χ3n) is 3.10. The van der Waals surface area contributed by atoms with E-state index in [0.29, 0.717) is 5.92 Å². The van der Waals surface area contributed by atoms with Gasteiger partial charge < -0.3 is 10.6 Å². The van der Waals surface area contributed by atoms with Crippen LogP contribution >= 0.6 is 0 Å². The molecule has 3 unspecified atom stereocenters. The predicted molar refractivity (Wildman–Crippen MR) is 64.5 cm³/mol. The average molecular weight is 214 g/mol. The molecule has 0 heterocycles. The van der Waals surface area contributed by atoms with Gasteiger partial charge in [0.25, 0.3) is 0 Å². The predicted octanol–water partition coefficient (Wildman–Crippen LogP) is 1.86. The van der Waals surface area contributed by atoms with Crippen LogP contribution in [0.5, 0.6) is 0 Å². The second-order valence-electron chi connectivity index (χ2n) is 4.54. The van der Waals surface area contributed by atoms with Crippen LogP contribution in [0.2, 0.25) is 0 Å². The summed E-state index contributed by atoms with van der Waals surface area (Å²) in [6.45, 7) is 11.8. The largest absolute Gasteiger partial charge is 0.342 e. The van der Waals surface area contributed by atoms with Crippen molar-refractivity contribution < 1.29 is 4.79 Å². The minimum Gasteiger partial charge on any atom is -0.342 e. The van der Waals surface area contributed by atoms with Crippen LogP contribution in [0.3, 0.4) is 0 Å². The Kier molecular flexibility index (Phi) is 6.57. The molecule has 0 fully saturated rings. The topological polar surface area (TPSA) is 46.3 Å². The molecular weight excluding hydrogens is 188 g/mol. The summed E-state index contributed by atoms with van der Waals surface area (Å²) in [6, 6.07) is -0.0662. The van der Waals surface area contributed by atoms with Crippen LogP contribution < -0.4 is 5.73 Å². The molecule has 90 valence electrons. The molecule has 0 aliphatic carbocycles. The van der Waals surface area contributed by atoms with E-state index in [1.807, 2.05) is 25.7 Å². The molecule has 2 N–H and O–H groups in total. The Bertz CT molecular complexity index is 192. The molecule has 0 rings (SSSR count). The fourth-order valence-corrected chi connectivity index (χ4v) is 1.39. The Balaban J connectivity index is 4.34. The van der Waals surface area contributed by atoms with Crippen molar-refractivity contribution in [3.8, 4) is 0 Å². The van der Waals surface area contributed by atoms with E-state index in [0.717, 1.165) is 19.5 Å². The molecule has 15 heavy (non-hydrogen) atoms. The van der Waals surface area contributed by atoms with Crippen molar-refractivity contribution in [2.24, 2.45) is 17.6 Å². The quantitative estimate of drug-likeness (QED) is 0.733. The lowest BCUT2D eigenvalue weighted by atomic mass is 10.0. The maximum absolute atomic E-state index is 12.0. The van der Waals surface area contributed by atoms with Gasteiger partial charge in [-0.2, -0.15) is 0 Å². The van der Waals surface area contributed by atoms with Crippen LogP contribution in [0.1, 0.15) is 41.0 Å². The van der Waals surface area contributed by atoms with E-state index in [2.05, 4.69) is 13.8 Å². The first-order valence-corrected chi connectivity index (χ1v) is 5.98. The molecule has 0 radical (unpaired) electrons. The molecule has 0 aliphatic heterocycles. The van der Waals surface area contributed by atoms with Crippen molar-refractivity contribution in [2.45, 2.75) is 47.1 Å². The lowest BCUT2D eigenvalue weighted by Gasteiger charge is -2.28. The minimum absolute atomic E-state index is 0.0662.